The lowest BCUT2D eigenvalue weighted by Crippen LogP contribution is -2.50. The van der Waals surface area contributed by atoms with E-state index in [9.17, 15) is 4.79 Å². The van der Waals surface area contributed by atoms with E-state index in [2.05, 4.69) is 5.73 Å². The third-order valence-electron chi connectivity index (χ3n) is 1.55. The second kappa shape index (κ2) is 8.60. The minimum Gasteiger partial charge on any atom is -0.394 e. The van der Waals surface area contributed by atoms with Crippen molar-refractivity contribution in [2.75, 3.05) is 6.61 Å². The first kappa shape index (κ1) is 17.9. The monoisotopic (exact) mass is 258 g/mol. The number of carbonyl (C=O) groups is 1. The highest BCUT2D eigenvalue weighted by molar-refractivity contribution is 5.79. The zero-order chi connectivity index (χ0) is 14.2. The summed E-state index contributed by atoms with van der Waals surface area (Å²) in [4.78, 5) is 18.7. The molecule has 0 aromatic heterocycles. The van der Waals surface area contributed by atoms with Gasteiger partial charge in [0.05, 0.1) is 6.61 Å². The van der Waals surface area contributed by atoms with Crippen molar-refractivity contribution < 1.29 is 40.6 Å². The van der Waals surface area contributed by atoms with Crippen LogP contribution >= 0.6 is 0 Å². The van der Waals surface area contributed by atoms with Crippen LogP contribution in [-0.2, 0) is 4.79 Å². The number of hydrogen-bond donors (Lipinski definition) is 7. The van der Waals surface area contributed by atoms with Crippen LogP contribution in [0.4, 0.5) is 0 Å². The van der Waals surface area contributed by atoms with Crippen LogP contribution in [0, 0.1) is 10.1 Å². The van der Waals surface area contributed by atoms with Gasteiger partial charge in [0.2, 0.25) is 5.91 Å². The van der Waals surface area contributed by atoms with Gasteiger partial charge < -0.3 is 36.5 Å². The van der Waals surface area contributed by atoms with E-state index in [1.165, 1.54) is 0 Å². The number of amides is 1. The molecule has 0 aliphatic rings. The molecule has 0 aliphatic carbocycles. The summed E-state index contributed by atoms with van der Waals surface area (Å²) in [6, 6.07) is 0. The average molecular weight is 258 g/mol. The smallest absolute Gasteiger partial charge is 0.291 e. The van der Waals surface area contributed by atoms with E-state index in [1.54, 1.807) is 0 Å². The van der Waals surface area contributed by atoms with Crippen LogP contribution < -0.4 is 5.73 Å². The number of aliphatic hydroxyl groups is 5. The largest absolute Gasteiger partial charge is 0.394 e. The van der Waals surface area contributed by atoms with Crippen LogP contribution in [0.5, 0.6) is 0 Å². The Morgan fingerprint density at radius 2 is 1.59 bits per heavy atom. The van der Waals surface area contributed by atoms with Gasteiger partial charge in [-0.05, 0) is 0 Å². The number of nitrogens with zero attached hydrogens (tertiary/aromatic N) is 1. The van der Waals surface area contributed by atoms with Crippen molar-refractivity contribution in [3.05, 3.63) is 10.1 Å². The molecule has 0 unspecified atom stereocenters. The Bertz CT molecular complexity index is 244. The lowest BCUT2D eigenvalue weighted by Gasteiger charge is -2.23. The summed E-state index contributed by atoms with van der Waals surface area (Å²) in [7, 11) is 0. The fraction of sp³-hybridized carbons (Fsp3) is 0.833. The van der Waals surface area contributed by atoms with Gasteiger partial charge in [-0.25, -0.2) is 0 Å². The van der Waals surface area contributed by atoms with Crippen molar-refractivity contribution in [3.63, 3.8) is 0 Å². The molecule has 0 fully saturated rings. The zero-order valence-corrected chi connectivity index (χ0v) is 8.45. The Morgan fingerprint density at radius 3 is 1.82 bits per heavy atom. The molecule has 102 valence electrons. The van der Waals surface area contributed by atoms with Crippen LogP contribution in [0.2, 0.25) is 0 Å². The molecule has 4 atom stereocenters. The summed E-state index contributed by atoms with van der Waals surface area (Å²) in [5, 5.41) is 57.6. The summed E-state index contributed by atoms with van der Waals surface area (Å²) in [6.07, 6.45) is -7.35. The predicted molar refractivity (Wildman–Crippen MR) is 49.1 cm³/mol. The van der Waals surface area contributed by atoms with Gasteiger partial charge in [0.15, 0.2) is 6.10 Å². The molecule has 11 nitrogen and oxygen atoms in total. The molecule has 0 saturated carbocycles. The average Bonchev–Trinajstić information content (AvgIpc) is 2.23. The van der Waals surface area contributed by atoms with Gasteiger partial charge in [0.25, 0.3) is 5.09 Å². The summed E-state index contributed by atoms with van der Waals surface area (Å²) < 4.78 is 0. The number of rotatable bonds is 5. The number of hydrogen-bond acceptors (Lipinski definition) is 8. The van der Waals surface area contributed by atoms with Crippen molar-refractivity contribution in [1.82, 2.24) is 0 Å². The van der Waals surface area contributed by atoms with Crippen molar-refractivity contribution in [1.29, 1.82) is 0 Å². The highest BCUT2D eigenvalue weighted by Gasteiger charge is 2.32. The molecule has 0 bridgehead atoms. The van der Waals surface area contributed by atoms with E-state index in [-0.39, 0.29) is 0 Å². The highest BCUT2D eigenvalue weighted by Crippen LogP contribution is 2.04. The molecule has 0 aromatic rings. The zero-order valence-electron chi connectivity index (χ0n) is 8.45. The summed E-state index contributed by atoms with van der Waals surface area (Å²) >= 11 is 0. The van der Waals surface area contributed by atoms with E-state index in [0.29, 0.717) is 0 Å². The fourth-order valence-corrected chi connectivity index (χ4v) is 0.691. The number of aliphatic hydroxyl groups excluding tert-OH is 5. The van der Waals surface area contributed by atoms with Crippen LogP contribution in [0.15, 0.2) is 0 Å². The summed E-state index contributed by atoms with van der Waals surface area (Å²) in [6.45, 7) is -0.802. The summed E-state index contributed by atoms with van der Waals surface area (Å²) in [5.41, 5.74) is 4.61. The molecule has 8 N–H and O–H groups in total. The normalized spacial score (nSPS) is 17.0. The van der Waals surface area contributed by atoms with Crippen LogP contribution in [-0.4, -0.2) is 72.8 Å². The molecule has 0 aliphatic heterocycles. The Kier molecular flexibility index (Phi) is 9.03. The first-order valence-electron chi connectivity index (χ1n) is 4.10. The van der Waals surface area contributed by atoms with Gasteiger partial charge >= 0.3 is 0 Å². The molecule has 0 heterocycles. The van der Waals surface area contributed by atoms with Gasteiger partial charge in [-0.3, -0.25) is 4.79 Å². The van der Waals surface area contributed by atoms with E-state index in [0.717, 1.165) is 0 Å². The second-order valence-electron chi connectivity index (χ2n) is 2.82. The maximum atomic E-state index is 10.3. The molecule has 0 aromatic carbocycles. The third kappa shape index (κ3) is 8.29. The Hall–Kier alpha value is -1.53. The van der Waals surface area contributed by atoms with Gasteiger partial charge in [-0.2, -0.15) is 0 Å². The Morgan fingerprint density at radius 1 is 1.24 bits per heavy atom. The van der Waals surface area contributed by atoms with E-state index < -0.39 is 42.0 Å². The standard InChI is InChI=1S/C6H13NO6.HNO3/c7-6(13)5(12)4(11)3(10)2(9)1-8;2-1(3)4/h2-5,8-12H,1H2,(H2,7,13);(H,2,3,4)/t2-,3-,4+,5-;/m1./s1. The first-order valence-corrected chi connectivity index (χ1v) is 4.10. The van der Waals surface area contributed by atoms with E-state index in [4.69, 9.17) is 40.9 Å². The minimum absolute atomic E-state index is 0.802. The molecular weight excluding hydrogens is 244 g/mol. The lowest BCUT2D eigenvalue weighted by atomic mass is 10.0. The van der Waals surface area contributed by atoms with Crippen LogP contribution in [0.1, 0.15) is 0 Å². The van der Waals surface area contributed by atoms with Gasteiger partial charge in [-0.1, -0.05) is 0 Å². The number of nitrogens with two attached hydrogens (primary N) is 1. The quantitative estimate of drug-likeness (QED) is 0.187. The van der Waals surface area contributed by atoms with E-state index >= 15 is 0 Å². The molecule has 0 rings (SSSR count). The SMILES string of the molecule is NC(=O)[C@H](O)[C@@H](O)[C@H](O)[C@H](O)CO.O=[N+]([O-])O. The number of primary amides is 1. The van der Waals surface area contributed by atoms with Crippen molar-refractivity contribution in [2.45, 2.75) is 24.4 Å². The molecule has 0 spiro atoms. The Labute approximate surface area is 94.4 Å². The van der Waals surface area contributed by atoms with Gasteiger partial charge in [0, 0.05) is 0 Å². The predicted octanol–water partition coefficient (Wildman–Crippen LogP) is -4.44. The lowest BCUT2D eigenvalue weighted by molar-refractivity contribution is -0.742. The van der Waals surface area contributed by atoms with E-state index in [1.807, 2.05) is 0 Å². The summed E-state index contributed by atoms with van der Waals surface area (Å²) in [5.74, 6) is -1.23. The fourth-order valence-electron chi connectivity index (χ4n) is 0.691. The van der Waals surface area contributed by atoms with Gasteiger partial charge in [-0.15, -0.1) is 10.1 Å². The topological polar surface area (TPSA) is 208 Å². The maximum Gasteiger partial charge on any atom is 0.291 e. The van der Waals surface area contributed by atoms with Crippen molar-refractivity contribution in [3.8, 4) is 0 Å². The molecule has 17 heavy (non-hydrogen) atoms. The molecule has 0 radical (unpaired) electrons. The minimum atomic E-state index is -1.98. The molecule has 11 heteroatoms. The highest BCUT2D eigenvalue weighted by atomic mass is 16.9. The second-order valence-corrected chi connectivity index (χ2v) is 2.82. The van der Waals surface area contributed by atoms with Crippen LogP contribution in [0.25, 0.3) is 0 Å². The third-order valence-corrected chi connectivity index (χ3v) is 1.55. The number of carbonyl (C=O) groups excluding carboxylic acids is 1. The van der Waals surface area contributed by atoms with Crippen LogP contribution in [0.3, 0.4) is 0 Å². The Balaban J connectivity index is 0. The molecule has 1 amide bonds. The molecular formula is C6H14N2O9. The first-order chi connectivity index (χ1) is 7.64. The van der Waals surface area contributed by atoms with Crippen molar-refractivity contribution in [2.24, 2.45) is 5.73 Å². The molecule has 0 saturated heterocycles. The maximum absolute atomic E-state index is 10.3. The van der Waals surface area contributed by atoms with Crippen molar-refractivity contribution >= 4 is 5.91 Å². The van der Waals surface area contributed by atoms with Gasteiger partial charge in [0.1, 0.15) is 18.3 Å².